The van der Waals surface area contributed by atoms with Crippen molar-refractivity contribution in [3.63, 3.8) is 0 Å². The minimum Gasteiger partial charge on any atom is -0.354 e. The van der Waals surface area contributed by atoms with E-state index in [4.69, 9.17) is 0 Å². The van der Waals surface area contributed by atoms with Crippen LogP contribution in [0.15, 0.2) is 23.2 Å². The van der Waals surface area contributed by atoms with Crippen LogP contribution in [0.1, 0.15) is 20.8 Å². The summed E-state index contributed by atoms with van der Waals surface area (Å²) in [5, 5.41) is 6.29. The van der Waals surface area contributed by atoms with E-state index in [1.807, 2.05) is 18.7 Å². The summed E-state index contributed by atoms with van der Waals surface area (Å²) in [6.45, 7) is 9.34. The molecule has 10 nitrogen and oxygen atoms in total. The third kappa shape index (κ3) is 4.84. The molecule has 0 aromatic carbocycles. The molecule has 1 aliphatic heterocycles. The Balaban J connectivity index is 1.84. The van der Waals surface area contributed by atoms with Crippen LogP contribution in [0.2, 0.25) is 0 Å². The molecule has 1 saturated heterocycles. The van der Waals surface area contributed by atoms with Crippen LogP contribution in [-0.2, 0) is 9.84 Å². The van der Waals surface area contributed by atoms with Crippen LogP contribution in [0.3, 0.4) is 0 Å². The SMILES string of the molecule is CCNc1nc(NCC)nc(N2CCN(c3ncccc3S(C)(=O)=O)CC2C)n1. The lowest BCUT2D eigenvalue weighted by Crippen LogP contribution is -2.53. The molecule has 11 heteroatoms. The molecule has 158 valence electrons. The molecule has 2 aromatic rings. The fourth-order valence-electron chi connectivity index (χ4n) is 3.32. The predicted octanol–water partition coefficient (Wildman–Crippen LogP) is 1.25. The molecular weight excluding hydrogens is 392 g/mol. The fraction of sp³-hybridized carbons (Fsp3) is 0.556. The molecule has 0 bridgehead atoms. The molecule has 1 atom stereocenters. The largest absolute Gasteiger partial charge is 0.354 e. The molecule has 0 radical (unpaired) electrons. The Morgan fingerprint density at radius 1 is 1.10 bits per heavy atom. The number of sulfone groups is 1. The van der Waals surface area contributed by atoms with Gasteiger partial charge in [-0.1, -0.05) is 0 Å². The van der Waals surface area contributed by atoms with Crippen molar-refractivity contribution in [2.75, 3.05) is 59.4 Å². The molecule has 1 unspecified atom stereocenters. The van der Waals surface area contributed by atoms with E-state index in [-0.39, 0.29) is 10.9 Å². The summed E-state index contributed by atoms with van der Waals surface area (Å²) in [6, 6.07) is 3.31. The Bertz CT molecular complexity index is 928. The lowest BCUT2D eigenvalue weighted by atomic mass is 10.2. The average Bonchev–Trinajstić information content (AvgIpc) is 2.67. The highest BCUT2D eigenvalue weighted by atomic mass is 32.2. The van der Waals surface area contributed by atoms with E-state index in [0.29, 0.717) is 56.4 Å². The number of anilines is 4. The number of nitrogens with zero attached hydrogens (tertiary/aromatic N) is 6. The predicted molar refractivity (Wildman–Crippen MR) is 115 cm³/mol. The molecule has 2 N–H and O–H groups in total. The number of nitrogens with one attached hydrogen (secondary N) is 2. The van der Waals surface area contributed by atoms with Gasteiger partial charge in [0.15, 0.2) is 9.84 Å². The molecule has 0 saturated carbocycles. The highest BCUT2D eigenvalue weighted by molar-refractivity contribution is 7.90. The monoisotopic (exact) mass is 420 g/mol. The van der Waals surface area contributed by atoms with Crippen LogP contribution in [0.25, 0.3) is 0 Å². The second kappa shape index (κ2) is 8.76. The van der Waals surface area contributed by atoms with E-state index in [9.17, 15) is 8.42 Å². The minimum absolute atomic E-state index is 0.0597. The van der Waals surface area contributed by atoms with Crippen molar-refractivity contribution in [1.29, 1.82) is 0 Å². The normalized spacial score (nSPS) is 17.3. The van der Waals surface area contributed by atoms with Crippen molar-refractivity contribution < 1.29 is 8.42 Å². The summed E-state index contributed by atoms with van der Waals surface area (Å²) in [5.41, 5.74) is 0. The van der Waals surface area contributed by atoms with Gasteiger partial charge in [-0.2, -0.15) is 15.0 Å². The Morgan fingerprint density at radius 3 is 2.31 bits per heavy atom. The van der Waals surface area contributed by atoms with E-state index in [0.717, 1.165) is 0 Å². The average molecular weight is 421 g/mol. The topological polar surface area (TPSA) is 116 Å². The zero-order valence-electron chi connectivity index (χ0n) is 17.3. The number of aromatic nitrogens is 4. The molecule has 0 aliphatic carbocycles. The van der Waals surface area contributed by atoms with Crippen LogP contribution in [-0.4, -0.2) is 73.4 Å². The van der Waals surface area contributed by atoms with Crippen molar-refractivity contribution in [2.24, 2.45) is 0 Å². The molecule has 0 amide bonds. The molecular formula is C18H28N8O2S. The summed E-state index contributed by atoms with van der Waals surface area (Å²) in [5.74, 6) is 2.17. The minimum atomic E-state index is -3.36. The summed E-state index contributed by atoms with van der Waals surface area (Å²) in [6.07, 6.45) is 2.83. The molecule has 3 heterocycles. The fourth-order valence-corrected chi connectivity index (χ4v) is 4.16. The van der Waals surface area contributed by atoms with Crippen LogP contribution in [0, 0.1) is 0 Å². The number of hydrogen-bond acceptors (Lipinski definition) is 10. The number of hydrogen-bond donors (Lipinski definition) is 2. The molecule has 0 spiro atoms. The zero-order valence-corrected chi connectivity index (χ0v) is 18.1. The molecule has 1 aliphatic rings. The first-order valence-electron chi connectivity index (χ1n) is 9.74. The van der Waals surface area contributed by atoms with E-state index in [2.05, 4.69) is 42.4 Å². The summed E-state index contributed by atoms with van der Waals surface area (Å²) < 4.78 is 24.3. The van der Waals surface area contributed by atoms with E-state index in [1.165, 1.54) is 6.26 Å². The van der Waals surface area contributed by atoms with Gasteiger partial charge < -0.3 is 20.4 Å². The summed E-state index contributed by atoms with van der Waals surface area (Å²) >= 11 is 0. The molecule has 2 aromatic heterocycles. The van der Waals surface area contributed by atoms with Crippen molar-refractivity contribution in [2.45, 2.75) is 31.7 Å². The number of piperazine rings is 1. The maximum absolute atomic E-state index is 12.1. The zero-order chi connectivity index (χ0) is 21.0. The third-order valence-electron chi connectivity index (χ3n) is 4.63. The van der Waals surface area contributed by atoms with Gasteiger partial charge in [-0.25, -0.2) is 13.4 Å². The second-order valence-corrected chi connectivity index (χ2v) is 8.91. The first kappa shape index (κ1) is 21.0. The Morgan fingerprint density at radius 2 is 1.76 bits per heavy atom. The Kier molecular flexibility index (Phi) is 6.36. The van der Waals surface area contributed by atoms with Gasteiger partial charge in [0.05, 0.1) is 0 Å². The molecule has 3 rings (SSSR count). The first-order chi connectivity index (χ1) is 13.8. The van der Waals surface area contributed by atoms with E-state index >= 15 is 0 Å². The van der Waals surface area contributed by atoms with E-state index in [1.54, 1.807) is 18.3 Å². The third-order valence-corrected chi connectivity index (χ3v) is 5.75. The van der Waals surface area contributed by atoms with Gasteiger partial charge in [0.1, 0.15) is 10.7 Å². The van der Waals surface area contributed by atoms with Crippen molar-refractivity contribution in [3.8, 4) is 0 Å². The molecule has 1 fully saturated rings. The highest BCUT2D eigenvalue weighted by Crippen LogP contribution is 2.26. The van der Waals surface area contributed by atoms with Gasteiger partial charge >= 0.3 is 0 Å². The second-order valence-electron chi connectivity index (χ2n) is 6.93. The highest BCUT2D eigenvalue weighted by Gasteiger charge is 2.29. The van der Waals surface area contributed by atoms with Crippen LogP contribution in [0.4, 0.5) is 23.7 Å². The standard InChI is InChI=1S/C18H28N8O2S/c1-5-19-16-22-17(20-6-2)24-18(23-16)26-11-10-25(12-13(26)3)15-14(29(4,27)28)8-7-9-21-15/h7-9,13H,5-6,10-12H2,1-4H3,(H2,19,20,22,23,24). The summed E-state index contributed by atoms with van der Waals surface area (Å²) in [7, 11) is -3.36. The summed E-state index contributed by atoms with van der Waals surface area (Å²) in [4.78, 5) is 22.2. The Labute approximate surface area is 171 Å². The lowest BCUT2D eigenvalue weighted by Gasteiger charge is -2.40. The number of rotatable bonds is 7. The van der Waals surface area contributed by atoms with Crippen molar-refractivity contribution in [1.82, 2.24) is 19.9 Å². The van der Waals surface area contributed by atoms with Gasteiger partial charge in [-0.05, 0) is 32.9 Å². The first-order valence-corrected chi connectivity index (χ1v) is 11.6. The van der Waals surface area contributed by atoms with Crippen molar-refractivity contribution >= 4 is 33.5 Å². The van der Waals surface area contributed by atoms with Gasteiger partial charge in [0.25, 0.3) is 0 Å². The quantitative estimate of drug-likeness (QED) is 0.678. The van der Waals surface area contributed by atoms with Crippen molar-refractivity contribution in [3.05, 3.63) is 18.3 Å². The van der Waals surface area contributed by atoms with Crippen LogP contribution < -0.4 is 20.4 Å². The van der Waals surface area contributed by atoms with Gasteiger partial charge in [-0.15, -0.1) is 0 Å². The van der Waals surface area contributed by atoms with E-state index < -0.39 is 9.84 Å². The smallest absolute Gasteiger partial charge is 0.232 e. The Hall–Kier alpha value is -2.69. The lowest BCUT2D eigenvalue weighted by molar-refractivity contribution is 0.533. The van der Waals surface area contributed by atoms with Crippen LogP contribution >= 0.6 is 0 Å². The molecule has 29 heavy (non-hydrogen) atoms. The number of pyridine rings is 1. The maximum atomic E-state index is 12.1. The van der Waals surface area contributed by atoms with Crippen LogP contribution in [0.5, 0.6) is 0 Å². The van der Waals surface area contributed by atoms with Gasteiger partial charge in [0.2, 0.25) is 17.8 Å². The van der Waals surface area contributed by atoms with Gasteiger partial charge in [0, 0.05) is 51.2 Å². The van der Waals surface area contributed by atoms with Gasteiger partial charge in [-0.3, -0.25) is 0 Å². The maximum Gasteiger partial charge on any atom is 0.232 e.